The summed E-state index contributed by atoms with van der Waals surface area (Å²) in [5.74, 6) is -0.156. The summed E-state index contributed by atoms with van der Waals surface area (Å²) in [6.45, 7) is 5.12. The first-order valence-electron chi connectivity index (χ1n) is 7.00. The van der Waals surface area contributed by atoms with Gasteiger partial charge in [0.05, 0.1) is 0 Å². The van der Waals surface area contributed by atoms with Gasteiger partial charge in [0.2, 0.25) is 0 Å². The third-order valence-electron chi connectivity index (χ3n) is 4.01. The molecule has 8 heteroatoms. The van der Waals surface area contributed by atoms with Gasteiger partial charge < -0.3 is 4.90 Å². The molecule has 5 nitrogen and oxygen atoms in total. The minimum Gasteiger partial charge on any atom is -0.335 e. The van der Waals surface area contributed by atoms with Gasteiger partial charge in [0, 0.05) is 32.2 Å². The molecule has 0 saturated carbocycles. The number of halogens is 1. The molecule has 1 N–H and O–H groups in total. The summed E-state index contributed by atoms with van der Waals surface area (Å²) in [7, 11) is 0. The van der Waals surface area contributed by atoms with E-state index in [2.05, 4.69) is 33.0 Å². The Labute approximate surface area is 141 Å². The van der Waals surface area contributed by atoms with Gasteiger partial charge in [-0.25, -0.2) is 0 Å². The van der Waals surface area contributed by atoms with Crippen molar-refractivity contribution in [2.24, 2.45) is 0 Å². The molecule has 1 aliphatic heterocycles. The molecule has 0 bridgehead atoms. The van der Waals surface area contributed by atoms with Crippen LogP contribution in [-0.2, 0) is 0 Å². The molecule has 1 amide bonds. The molecule has 118 valence electrons. The smallest absolute Gasteiger partial charge is 0.277 e. The lowest BCUT2D eigenvalue weighted by atomic mass is 10.1. The molecule has 0 spiro atoms. The van der Waals surface area contributed by atoms with Gasteiger partial charge in [0.15, 0.2) is 0 Å². The Balaban J connectivity index is 1.63. The number of nitrogens with one attached hydrogen (secondary N) is 1. The van der Waals surface area contributed by atoms with Crippen LogP contribution in [0.15, 0.2) is 21.6 Å². The number of carbonyl (C=O) groups excluding carboxylic acids is 1. The Bertz CT molecular complexity index is 702. The van der Waals surface area contributed by atoms with Crippen molar-refractivity contribution in [3.63, 3.8) is 0 Å². The highest BCUT2D eigenvalue weighted by Gasteiger charge is 2.28. The largest absolute Gasteiger partial charge is 0.335 e. The molecule has 1 atom stereocenters. The van der Waals surface area contributed by atoms with E-state index in [-0.39, 0.29) is 16.5 Å². The molecular formula is C14H16ClN3O2S2. The average molecular weight is 358 g/mol. The lowest BCUT2D eigenvalue weighted by molar-refractivity contribution is 0.0587. The van der Waals surface area contributed by atoms with E-state index in [4.69, 9.17) is 11.6 Å². The van der Waals surface area contributed by atoms with Crippen molar-refractivity contribution in [1.82, 2.24) is 14.2 Å². The fraction of sp³-hybridized carbons (Fsp3) is 0.429. The second-order valence-electron chi connectivity index (χ2n) is 5.24. The number of rotatable bonds is 3. The summed E-state index contributed by atoms with van der Waals surface area (Å²) in [5, 5.41) is 4.25. The van der Waals surface area contributed by atoms with Crippen LogP contribution in [0, 0.1) is 0 Å². The molecule has 0 radical (unpaired) electrons. The zero-order valence-electron chi connectivity index (χ0n) is 12.0. The van der Waals surface area contributed by atoms with E-state index < -0.39 is 0 Å². The van der Waals surface area contributed by atoms with E-state index in [0.717, 1.165) is 24.6 Å². The van der Waals surface area contributed by atoms with Gasteiger partial charge in [-0.2, -0.15) is 11.3 Å². The lowest BCUT2D eigenvalue weighted by Gasteiger charge is -2.37. The zero-order chi connectivity index (χ0) is 15.7. The number of hydrogen-bond donors (Lipinski definition) is 1. The third-order valence-corrected chi connectivity index (χ3v) is 6.06. The molecule has 0 aromatic carbocycles. The number of thiophene rings is 1. The van der Waals surface area contributed by atoms with Crippen molar-refractivity contribution in [1.29, 1.82) is 0 Å². The molecule has 1 saturated heterocycles. The first-order chi connectivity index (χ1) is 10.6. The maximum atomic E-state index is 12.4. The van der Waals surface area contributed by atoms with Crippen molar-refractivity contribution in [2.75, 3.05) is 26.2 Å². The molecule has 0 aliphatic carbocycles. The Kier molecular flexibility index (Phi) is 4.67. The van der Waals surface area contributed by atoms with Crippen molar-refractivity contribution in [3.8, 4) is 0 Å². The number of aromatic amines is 1. The molecule has 3 rings (SSSR count). The first-order valence-corrected chi connectivity index (χ1v) is 9.14. The van der Waals surface area contributed by atoms with Crippen LogP contribution in [0.4, 0.5) is 0 Å². The van der Waals surface area contributed by atoms with E-state index in [0.29, 0.717) is 24.0 Å². The van der Waals surface area contributed by atoms with Crippen LogP contribution < -0.4 is 5.56 Å². The predicted molar refractivity (Wildman–Crippen MR) is 90.2 cm³/mol. The zero-order valence-corrected chi connectivity index (χ0v) is 14.4. The van der Waals surface area contributed by atoms with Crippen molar-refractivity contribution < 1.29 is 4.79 Å². The summed E-state index contributed by atoms with van der Waals surface area (Å²) in [5.41, 5.74) is 0.927. The van der Waals surface area contributed by atoms with Crippen LogP contribution in [0.5, 0.6) is 0 Å². The van der Waals surface area contributed by atoms with Gasteiger partial charge in [-0.1, -0.05) is 23.1 Å². The number of H-pyrrole nitrogens is 1. The van der Waals surface area contributed by atoms with Crippen LogP contribution >= 0.6 is 34.5 Å². The summed E-state index contributed by atoms with van der Waals surface area (Å²) in [4.78, 5) is 28.2. The number of piperazine rings is 1. The van der Waals surface area contributed by atoms with Crippen LogP contribution in [0.1, 0.15) is 28.2 Å². The van der Waals surface area contributed by atoms with Crippen LogP contribution in [0.25, 0.3) is 0 Å². The van der Waals surface area contributed by atoms with Crippen LogP contribution in [0.3, 0.4) is 0 Å². The van der Waals surface area contributed by atoms with Gasteiger partial charge in [0.25, 0.3) is 11.5 Å². The minimum atomic E-state index is -0.389. The van der Waals surface area contributed by atoms with Gasteiger partial charge >= 0.3 is 0 Å². The fourth-order valence-electron chi connectivity index (χ4n) is 2.61. The third kappa shape index (κ3) is 2.99. The topological polar surface area (TPSA) is 56.4 Å². The summed E-state index contributed by atoms with van der Waals surface area (Å²) >= 11 is 8.59. The molecule has 1 aliphatic rings. The monoisotopic (exact) mass is 357 g/mol. The fourth-order valence-corrected chi connectivity index (χ4v) is 4.35. The van der Waals surface area contributed by atoms with Crippen LogP contribution in [-0.4, -0.2) is 46.3 Å². The minimum absolute atomic E-state index is 0.00377. The molecule has 22 heavy (non-hydrogen) atoms. The number of nitrogens with zero attached hydrogens (tertiary/aromatic N) is 2. The van der Waals surface area contributed by atoms with E-state index >= 15 is 0 Å². The van der Waals surface area contributed by atoms with Gasteiger partial charge in [-0.15, -0.1) is 0 Å². The molecule has 1 unspecified atom stereocenters. The Morgan fingerprint density at radius 2 is 2.09 bits per heavy atom. The normalized spacial score (nSPS) is 17.6. The van der Waals surface area contributed by atoms with Crippen LogP contribution in [0.2, 0.25) is 5.02 Å². The van der Waals surface area contributed by atoms with E-state index in [1.54, 1.807) is 16.2 Å². The highest BCUT2D eigenvalue weighted by Crippen LogP contribution is 2.24. The van der Waals surface area contributed by atoms with Crippen molar-refractivity contribution in [3.05, 3.63) is 42.6 Å². The number of amides is 1. The molecule has 3 heterocycles. The van der Waals surface area contributed by atoms with Gasteiger partial charge in [-0.05, 0) is 29.3 Å². The Morgan fingerprint density at radius 1 is 1.36 bits per heavy atom. The van der Waals surface area contributed by atoms with Crippen molar-refractivity contribution in [2.45, 2.75) is 13.0 Å². The lowest BCUT2D eigenvalue weighted by Crippen LogP contribution is -2.49. The summed E-state index contributed by atoms with van der Waals surface area (Å²) < 4.78 is 2.50. The molecule has 2 aromatic heterocycles. The maximum absolute atomic E-state index is 12.4. The number of aromatic nitrogens is 1. The Hall–Kier alpha value is -1.15. The van der Waals surface area contributed by atoms with Gasteiger partial charge in [0.1, 0.15) is 9.90 Å². The molecular weight excluding hydrogens is 342 g/mol. The van der Waals surface area contributed by atoms with Crippen molar-refractivity contribution >= 4 is 40.4 Å². The van der Waals surface area contributed by atoms with E-state index in [9.17, 15) is 9.59 Å². The quantitative estimate of drug-likeness (QED) is 0.918. The van der Waals surface area contributed by atoms with E-state index in [1.807, 2.05) is 0 Å². The highest BCUT2D eigenvalue weighted by molar-refractivity contribution is 7.08. The van der Waals surface area contributed by atoms with E-state index in [1.165, 1.54) is 5.56 Å². The highest BCUT2D eigenvalue weighted by atomic mass is 35.5. The number of carbonyl (C=O) groups is 1. The maximum Gasteiger partial charge on any atom is 0.277 e. The SMILES string of the molecule is CC(c1ccsc1)N1CCN(C(=O)c2s[nH]c(=O)c2Cl)CC1. The standard InChI is InChI=1S/C14H16ClN3O2S2/c1-9(10-2-7-21-8-10)17-3-5-18(6-4-17)14(20)12-11(15)13(19)16-22-12/h2,7-9H,3-6H2,1H3,(H,16,19). The van der Waals surface area contributed by atoms with Gasteiger partial charge in [-0.3, -0.25) is 18.9 Å². The first kappa shape index (κ1) is 15.7. The summed E-state index contributed by atoms with van der Waals surface area (Å²) in [6, 6.07) is 2.50. The molecule has 2 aromatic rings. The number of hydrogen-bond acceptors (Lipinski definition) is 5. The Morgan fingerprint density at radius 3 is 2.64 bits per heavy atom. The average Bonchev–Trinajstić information content (AvgIpc) is 3.18. The predicted octanol–water partition coefficient (Wildman–Crippen LogP) is 2.67. The molecule has 1 fully saturated rings. The second kappa shape index (κ2) is 6.54. The summed E-state index contributed by atoms with van der Waals surface area (Å²) in [6.07, 6.45) is 0. The second-order valence-corrected chi connectivity index (χ2v) is 7.21.